The maximum Gasteiger partial charge on any atom is 0.228 e. The number of benzene rings is 1. The summed E-state index contributed by atoms with van der Waals surface area (Å²) in [5.41, 5.74) is 5.05. The number of hydrogen-bond donors (Lipinski definition) is 0. The van der Waals surface area contributed by atoms with Crippen LogP contribution < -0.4 is 0 Å². The summed E-state index contributed by atoms with van der Waals surface area (Å²) < 4.78 is 7.53. The van der Waals surface area contributed by atoms with Crippen LogP contribution in [0.3, 0.4) is 0 Å². The molecule has 3 heterocycles. The molecule has 1 amide bonds. The highest BCUT2D eigenvalue weighted by molar-refractivity contribution is 7.13. The van der Waals surface area contributed by atoms with Crippen LogP contribution in [0, 0.1) is 6.92 Å². The minimum Gasteiger partial charge on any atom is -0.380 e. The zero-order valence-corrected chi connectivity index (χ0v) is 19.5. The van der Waals surface area contributed by atoms with Gasteiger partial charge in [0.05, 0.1) is 41.7 Å². The van der Waals surface area contributed by atoms with E-state index in [0.717, 1.165) is 47.1 Å². The van der Waals surface area contributed by atoms with Gasteiger partial charge < -0.3 is 9.64 Å². The summed E-state index contributed by atoms with van der Waals surface area (Å²) in [6.07, 6.45) is 3.11. The zero-order chi connectivity index (χ0) is 22.0. The van der Waals surface area contributed by atoms with Gasteiger partial charge in [-0.05, 0) is 34.1 Å². The number of carbonyl (C=O) groups is 1. The van der Waals surface area contributed by atoms with E-state index < -0.39 is 0 Å². The molecule has 0 aliphatic carbocycles. The van der Waals surface area contributed by atoms with Crippen LogP contribution in [0.25, 0.3) is 21.8 Å². The molecule has 1 fully saturated rings. The summed E-state index contributed by atoms with van der Waals surface area (Å²) in [6.45, 7) is 11.3. The second-order valence-electron chi connectivity index (χ2n) is 9.02. The van der Waals surface area contributed by atoms with Crippen LogP contribution in [0.15, 0.2) is 35.8 Å². The van der Waals surface area contributed by atoms with E-state index in [9.17, 15) is 4.79 Å². The number of rotatable bonds is 4. The van der Waals surface area contributed by atoms with Crippen molar-refractivity contribution in [2.75, 3.05) is 26.3 Å². The SMILES string of the molecule is Cc1ccc(-c2c(-c3nc(CC(=O)N4CCCOCC4)cs3)cnn2C(C)(C)C)cc1. The molecule has 1 aliphatic rings. The molecule has 0 bridgehead atoms. The predicted octanol–water partition coefficient (Wildman–Crippen LogP) is 4.53. The first-order chi connectivity index (χ1) is 14.8. The molecule has 0 saturated carbocycles. The topological polar surface area (TPSA) is 60.3 Å². The van der Waals surface area contributed by atoms with Crippen molar-refractivity contribution < 1.29 is 9.53 Å². The Labute approximate surface area is 187 Å². The highest BCUT2D eigenvalue weighted by atomic mass is 32.1. The molecule has 164 valence electrons. The summed E-state index contributed by atoms with van der Waals surface area (Å²) in [5, 5.41) is 7.60. The summed E-state index contributed by atoms with van der Waals surface area (Å²) >= 11 is 1.57. The monoisotopic (exact) mass is 438 g/mol. The Balaban J connectivity index is 1.63. The van der Waals surface area contributed by atoms with Gasteiger partial charge in [0, 0.05) is 30.6 Å². The third kappa shape index (κ3) is 4.88. The van der Waals surface area contributed by atoms with Crippen LogP contribution in [0.2, 0.25) is 0 Å². The van der Waals surface area contributed by atoms with E-state index in [-0.39, 0.29) is 11.4 Å². The van der Waals surface area contributed by atoms with Gasteiger partial charge in [-0.15, -0.1) is 11.3 Å². The molecule has 7 heteroatoms. The minimum absolute atomic E-state index is 0.117. The van der Waals surface area contributed by atoms with E-state index in [4.69, 9.17) is 14.8 Å². The first-order valence-corrected chi connectivity index (χ1v) is 11.7. The third-order valence-electron chi connectivity index (χ3n) is 5.42. The fourth-order valence-corrected chi connectivity index (χ4v) is 4.61. The highest BCUT2D eigenvalue weighted by Gasteiger charge is 2.25. The van der Waals surface area contributed by atoms with Crippen LogP contribution in [0.1, 0.15) is 38.4 Å². The average molecular weight is 439 g/mol. The van der Waals surface area contributed by atoms with Crippen molar-refractivity contribution in [3.8, 4) is 21.8 Å². The number of thiazole rings is 1. The highest BCUT2D eigenvalue weighted by Crippen LogP contribution is 2.36. The van der Waals surface area contributed by atoms with Gasteiger partial charge in [-0.25, -0.2) is 4.98 Å². The molecule has 1 aliphatic heterocycles. The third-order valence-corrected chi connectivity index (χ3v) is 6.34. The second-order valence-corrected chi connectivity index (χ2v) is 9.88. The molecule has 1 aromatic carbocycles. The maximum atomic E-state index is 12.7. The molecule has 0 N–H and O–H groups in total. The molecule has 0 spiro atoms. The lowest BCUT2D eigenvalue weighted by atomic mass is 10.0. The fourth-order valence-electron chi connectivity index (χ4n) is 3.78. The van der Waals surface area contributed by atoms with Gasteiger partial charge in [-0.3, -0.25) is 9.48 Å². The van der Waals surface area contributed by atoms with Crippen molar-refractivity contribution >= 4 is 17.2 Å². The van der Waals surface area contributed by atoms with Gasteiger partial charge >= 0.3 is 0 Å². The summed E-state index contributed by atoms with van der Waals surface area (Å²) in [4.78, 5) is 19.5. The van der Waals surface area contributed by atoms with Crippen LogP contribution in [-0.4, -0.2) is 51.9 Å². The number of aryl methyl sites for hydroxylation is 1. The lowest BCUT2D eigenvalue weighted by molar-refractivity contribution is -0.130. The van der Waals surface area contributed by atoms with E-state index in [2.05, 4.69) is 56.6 Å². The number of nitrogens with zero attached hydrogens (tertiary/aromatic N) is 4. The Bertz CT molecular complexity index is 1040. The molecule has 0 radical (unpaired) electrons. The number of ether oxygens (including phenoxy) is 1. The van der Waals surface area contributed by atoms with Crippen LogP contribution >= 0.6 is 11.3 Å². The van der Waals surface area contributed by atoms with Crippen LogP contribution in [0.5, 0.6) is 0 Å². The van der Waals surface area contributed by atoms with Crippen molar-refractivity contribution in [3.05, 3.63) is 47.1 Å². The number of hydrogen-bond acceptors (Lipinski definition) is 5. The van der Waals surface area contributed by atoms with Crippen molar-refractivity contribution in [3.63, 3.8) is 0 Å². The maximum absolute atomic E-state index is 12.7. The molecular weight excluding hydrogens is 408 g/mol. The van der Waals surface area contributed by atoms with E-state index >= 15 is 0 Å². The Morgan fingerprint density at radius 1 is 1.16 bits per heavy atom. The number of aromatic nitrogens is 3. The summed E-state index contributed by atoms with van der Waals surface area (Å²) in [7, 11) is 0. The van der Waals surface area contributed by atoms with E-state index in [1.165, 1.54) is 5.56 Å². The normalized spacial score (nSPS) is 15.2. The Morgan fingerprint density at radius 3 is 2.68 bits per heavy atom. The Morgan fingerprint density at radius 2 is 1.94 bits per heavy atom. The molecule has 0 unspecified atom stereocenters. The standard InChI is InChI=1S/C24H30N4O2S/c1-17-6-8-18(9-7-17)22-20(15-25-28(22)24(2,3)4)23-26-19(16-31-23)14-21(29)27-10-5-12-30-13-11-27/h6-9,15-16H,5,10-14H2,1-4H3. The van der Waals surface area contributed by atoms with Crippen molar-refractivity contribution in [1.82, 2.24) is 19.7 Å². The lowest BCUT2D eigenvalue weighted by Gasteiger charge is -2.23. The van der Waals surface area contributed by atoms with Gasteiger partial charge in [0.25, 0.3) is 0 Å². The number of carbonyl (C=O) groups excluding carboxylic acids is 1. The van der Waals surface area contributed by atoms with Crippen LogP contribution in [0.4, 0.5) is 0 Å². The lowest BCUT2D eigenvalue weighted by Crippen LogP contribution is -2.34. The van der Waals surface area contributed by atoms with E-state index in [1.54, 1.807) is 11.3 Å². The number of amides is 1. The molecular formula is C24H30N4O2S. The largest absolute Gasteiger partial charge is 0.380 e. The van der Waals surface area contributed by atoms with E-state index in [0.29, 0.717) is 19.6 Å². The van der Waals surface area contributed by atoms with Gasteiger partial charge in [0.15, 0.2) is 0 Å². The minimum atomic E-state index is -0.163. The summed E-state index contributed by atoms with van der Waals surface area (Å²) in [6, 6.07) is 8.51. The fraction of sp³-hybridized carbons (Fsp3) is 0.458. The molecule has 3 aromatic rings. The predicted molar refractivity (Wildman–Crippen MR) is 124 cm³/mol. The molecule has 4 rings (SSSR count). The van der Waals surface area contributed by atoms with Gasteiger partial charge in [0.2, 0.25) is 5.91 Å². The Kier molecular flexibility index (Phi) is 6.25. The quantitative estimate of drug-likeness (QED) is 0.601. The molecule has 6 nitrogen and oxygen atoms in total. The average Bonchev–Trinajstić information content (AvgIpc) is 3.27. The van der Waals surface area contributed by atoms with E-state index in [1.807, 2.05) is 16.5 Å². The molecule has 1 saturated heterocycles. The van der Waals surface area contributed by atoms with Crippen molar-refractivity contribution in [2.24, 2.45) is 0 Å². The van der Waals surface area contributed by atoms with Crippen molar-refractivity contribution in [2.45, 2.75) is 46.1 Å². The second kappa shape index (κ2) is 8.93. The van der Waals surface area contributed by atoms with Gasteiger partial charge in [-0.2, -0.15) is 5.10 Å². The van der Waals surface area contributed by atoms with Crippen molar-refractivity contribution in [1.29, 1.82) is 0 Å². The molecule has 2 aromatic heterocycles. The molecule has 31 heavy (non-hydrogen) atoms. The molecule has 0 atom stereocenters. The smallest absolute Gasteiger partial charge is 0.228 e. The first-order valence-electron chi connectivity index (χ1n) is 10.8. The van der Waals surface area contributed by atoms with Crippen LogP contribution in [-0.2, 0) is 21.5 Å². The van der Waals surface area contributed by atoms with Gasteiger partial charge in [-0.1, -0.05) is 29.8 Å². The summed E-state index contributed by atoms with van der Waals surface area (Å²) in [5.74, 6) is 0.117. The zero-order valence-electron chi connectivity index (χ0n) is 18.7. The Hall–Kier alpha value is -2.51. The van der Waals surface area contributed by atoms with Gasteiger partial charge in [0.1, 0.15) is 5.01 Å². The first kappa shape index (κ1) is 21.7.